The third kappa shape index (κ3) is 6.98. The number of nitrogens with one attached hydrogen (secondary N) is 2. The Morgan fingerprint density at radius 3 is 2.68 bits per heavy atom. The number of aromatic nitrogens is 4. The van der Waals surface area contributed by atoms with Crippen LogP contribution in [0.15, 0.2) is 71.5 Å². The first kappa shape index (κ1) is 35.4. The van der Waals surface area contributed by atoms with E-state index in [-0.39, 0.29) is 23.8 Å². The zero-order valence-corrected chi connectivity index (χ0v) is 30.2. The number of aliphatic hydroxyl groups excluding tert-OH is 1. The van der Waals surface area contributed by atoms with Gasteiger partial charge in [-0.15, -0.1) is 5.10 Å². The molecule has 53 heavy (non-hydrogen) atoms. The van der Waals surface area contributed by atoms with E-state index in [9.17, 15) is 24.9 Å². The number of aliphatic carboxylic acids is 1. The number of rotatable bonds is 13. The number of piperidine rings is 3. The first-order chi connectivity index (χ1) is 25.8. The molecule has 3 aliphatic heterocycles. The van der Waals surface area contributed by atoms with Crippen LogP contribution in [0.1, 0.15) is 79.7 Å². The number of H-pyrrole nitrogens is 1. The van der Waals surface area contributed by atoms with E-state index in [1.807, 2.05) is 22.9 Å². The van der Waals surface area contributed by atoms with Crippen molar-refractivity contribution >= 4 is 27.9 Å². The van der Waals surface area contributed by atoms with Gasteiger partial charge in [0.2, 0.25) is 5.56 Å². The summed E-state index contributed by atoms with van der Waals surface area (Å²) in [6.07, 6.45) is 8.23. The Balaban J connectivity index is 0.867. The summed E-state index contributed by atoms with van der Waals surface area (Å²) in [6, 6.07) is 20.8. The number of unbranched alkanes of at least 4 members (excludes halogenated alkanes) is 1. The number of phenols is 1. The normalized spacial score (nSPS) is 24.8. The number of aromatic hydroxyl groups is 1. The van der Waals surface area contributed by atoms with Gasteiger partial charge >= 0.3 is 5.97 Å². The molecular formula is C42H50N6O5. The predicted molar refractivity (Wildman–Crippen MR) is 204 cm³/mol. The molecule has 3 saturated heterocycles. The van der Waals surface area contributed by atoms with E-state index in [1.54, 1.807) is 12.1 Å². The molecule has 1 aliphatic carbocycles. The maximum atomic E-state index is 13.3. The zero-order chi connectivity index (χ0) is 36.5. The number of aryl methyl sites for hydroxylation is 2. The first-order valence-electron chi connectivity index (χ1n) is 19.4. The Labute approximate surface area is 309 Å². The average Bonchev–Trinajstić information content (AvgIpc) is 3.59. The van der Waals surface area contributed by atoms with Crippen molar-refractivity contribution in [3.63, 3.8) is 0 Å². The third-order valence-corrected chi connectivity index (χ3v) is 12.6. The van der Waals surface area contributed by atoms with Crippen molar-refractivity contribution in [2.45, 2.75) is 82.4 Å². The molecule has 5 heterocycles. The van der Waals surface area contributed by atoms with Crippen LogP contribution in [0.25, 0.3) is 21.9 Å². The zero-order valence-electron chi connectivity index (χ0n) is 30.2. The van der Waals surface area contributed by atoms with E-state index < -0.39 is 17.5 Å². The number of carboxylic acid groups (broad SMARTS) is 1. The van der Waals surface area contributed by atoms with Crippen LogP contribution in [-0.2, 0) is 29.7 Å². The average molecular weight is 719 g/mol. The third-order valence-electron chi connectivity index (χ3n) is 12.6. The molecule has 11 nitrogen and oxygen atoms in total. The molecular weight excluding hydrogens is 668 g/mol. The summed E-state index contributed by atoms with van der Waals surface area (Å²) < 4.78 is 1.95. The van der Waals surface area contributed by atoms with Gasteiger partial charge in [-0.05, 0) is 122 Å². The quantitative estimate of drug-likeness (QED) is 0.0967. The fourth-order valence-corrected chi connectivity index (χ4v) is 9.89. The first-order valence-corrected chi connectivity index (χ1v) is 19.4. The fraction of sp³-hybridized carbons (Fsp3) is 0.476. The lowest BCUT2D eigenvalue weighted by Gasteiger charge is -2.53. The molecule has 5 N–H and O–H groups in total. The number of carboxylic acids is 1. The van der Waals surface area contributed by atoms with Gasteiger partial charge in [-0.3, -0.25) is 9.59 Å². The van der Waals surface area contributed by atoms with Gasteiger partial charge in [0.25, 0.3) is 0 Å². The number of carbonyl (C=O) groups is 1. The molecule has 278 valence electrons. The molecule has 1 saturated carbocycles. The van der Waals surface area contributed by atoms with Crippen LogP contribution >= 0.6 is 0 Å². The highest BCUT2D eigenvalue weighted by molar-refractivity contribution is 5.87. The number of fused-ring (bicyclic) bond motifs is 5. The summed E-state index contributed by atoms with van der Waals surface area (Å²) in [5, 5.41) is 44.8. The number of pyridine rings is 1. The van der Waals surface area contributed by atoms with Crippen LogP contribution in [0.3, 0.4) is 0 Å². The smallest absolute Gasteiger partial charge is 0.314 e. The summed E-state index contributed by atoms with van der Waals surface area (Å²) in [4.78, 5) is 30.2. The Bertz CT molecular complexity index is 2160. The van der Waals surface area contributed by atoms with Gasteiger partial charge in [-0.2, -0.15) is 0 Å². The van der Waals surface area contributed by atoms with Crippen LogP contribution in [0.4, 0.5) is 0 Å². The molecule has 0 spiro atoms. The number of aliphatic hydroxyl groups is 1. The fourth-order valence-electron chi connectivity index (χ4n) is 9.89. The molecule has 4 fully saturated rings. The summed E-state index contributed by atoms with van der Waals surface area (Å²) in [5.41, 5.74) is 4.85. The van der Waals surface area contributed by atoms with Crippen molar-refractivity contribution < 1.29 is 20.1 Å². The molecule has 0 amide bonds. The Morgan fingerprint density at radius 2 is 1.87 bits per heavy atom. The molecule has 3 unspecified atom stereocenters. The van der Waals surface area contributed by atoms with E-state index in [0.717, 1.165) is 80.2 Å². The lowest BCUT2D eigenvalue weighted by atomic mass is 9.55. The second kappa shape index (κ2) is 15.0. The van der Waals surface area contributed by atoms with Crippen molar-refractivity contribution in [2.24, 2.45) is 17.8 Å². The van der Waals surface area contributed by atoms with Crippen LogP contribution in [0, 0.1) is 17.8 Å². The Hall–Kier alpha value is -4.58. The van der Waals surface area contributed by atoms with Gasteiger partial charge < -0.3 is 30.5 Å². The summed E-state index contributed by atoms with van der Waals surface area (Å²) in [7, 11) is 0. The van der Waals surface area contributed by atoms with Gasteiger partial charge in [0, 0.05) is 37.6 Å². The Morgan fingerprint density at radius 1 is 1.00 bits per heavy atom. The lowest BCUT2D eigenvalue weighted by molar-refractivity contribution is -0.151. The van der Waals surface area contributed by atoms with E-state index in [0.29, 0.717) is 34.8 Å². The topological polar surface area (TPSA) is 157 Å². The number of nitrogens with zero attached hydrogens (tertiary/aromatic N) is 4. The largest absolute Gasteiger partial charge is 0.506 e. The van der Waals surface area contributed by atoms with E-state index >= 15 is 0 Å². The monoisotopic (exact) mass is 718 g/mol. The molecule has 2 aromatic heterocycles. The van der Waals surface area contributed by atoms with Gasteiger partial charge in [0.15, 0.2) is 0 Å². The van der Waals surface area contributed by atoms with Crippen LogP contribution in [0.5, 0.6) is 5.75 Å². The molecule has 4 atom stereocenters. The van der Waals surface area contributed by atoms with Gasteiger partial charge in [-0.25, -0.2) is 4.68 Å². The van der Waals surface area contributed by atoms with E-state index in [2.05, 4.69) is 49.8 Å². The highest BCUT2D eigenvalue weighted by Gasteiger charge is 2.54. The van der Waals surface area contributed by atoms with Gasteiger partial charge in [-0.1, -0.05) is 54.5 Å². The number of phenolic OH excluding ortho intramolecular Hbond substituents is 1. The van der Waals surface area contributed by atoms with Crippen LogP contribution in [0.2, 0.25) is 0 Å². The highest BCUT2D eigenvalue weighted by atomic mass is 16.4. The minimum Gasteiger partial charge on any atom is -0.506 e. The standard InChI is InChI=1S/C42H50N6O5/c49-37-14-11-31(32-12-15-39(51)44-40(32)37)38(50)25-43-24-28-10-13-36-35(23-28)45-46-48(36)19-4-2-6-27-7-5-8-30(22-27)42(41(52)53)18-3-1-9-34(42)33-26-47-20-16-29(33)17-21-47/h5,7-8,10-15,22-23,29,33-34,38,43,49-50H,1-4,6,9,16-21,24-26H2,(H,44,51)(H,52,53)/t33?,34?,38-,42?/m0/s1. The molecule has 9 rings (SSSR count). The van der Waals surface area contributed by atoms with E-state index in [1.165, 1.54) is 43.6 Å². The van der Waals surface area contributed by atoms with E-state index in [4.69, 9.17) is 0 Å². The number of aromatic amines is 1. The molecule has 0 radical (unpaired) electrons. The van der Waals surface area contributed by atoms with Crippen LogP contribution in [-0.4, -0.2) is 72.3 Å². The maximum absolute atomic E-state index is 13.3. The number of benzene rings is 3. The SMILES string of the molecule is O=C(O)C1(c2cccc(CCCCn3nnc4cc(CNC[C@H](O)c5ccc(O)c6[nH]c(=O)ccc56)ccc43)c2)CCCCC1C1CN2CCC1CC2. The maximum Gasteiger partial charge on any atom is 0.314 e. The van der Waals surface area contributed by atoms with Crippen molar-refractivity contribution in [3.8, 4) is 5.75 Å². The molecule has 11 heteroatoms. The number of hydrogen-bond acceptors (Lipinski definition) is 8. The number of hydrogen-bond donors (Lipinski definition) is 5. The summed E-state index contributed by atoms with van der Waals surface area (Å²) in [5.74, 6) is 0.663. The molecule has 5 aromatic rings. The predicted octanol–water partition coefficient (Wildman–Crippen LogP) is 5.68. The van der Waals surface area contributed by atoms with Gasteiger partial charge in [0.1, 0.15) is 11.3 Å². The van der Waals surface area contributed by atoms with Crippen LogP contribution < -0.4 is 10.9 Å². The molecule has 3 aromatic carbocycles. The van der Waals surface area contributed by atoms with Crippen molar-refractivity contribution in [2.75, 3.05) is 26.2 Å². The Kier molecular flexibility index (Phi) is 10.1. The van der Waals surface area contributed by atoms with Crippen molar-refractivity contribution in [1.82, 2.24) is 30.2 Å². The lowest BCUT2D eigenvalue weighted by Crippen LogP contribution is -2.56. The second-order valence-corrected chi connectivity index (χ2v) is 15.7. The second-order valence-electron chi connectivity index (χ2n) is 15.7. The van der Waals surface area contributed by atoms with Crippen molar-refractivity contribution in [3.05, 3.63) is 99.3 Å². The molecule has 4 aliphatic rings. The summed E-state index contributed by atoms with van der Waals surface area (Å²) >= 11 is 0. The minimum absolute atomic E-state index is 0.0365. The van der Waals surface area contributed by atoms with Gasteiger partial charge in [0.05, 0.1) is 22.6 Å². The highest BCUT2D eigenvalue weighted by Crippen LogP contribution is 2.52. The summed E-state index contributed by atoms with van der Waals surface area (Å²) in [6.45, 7) is 4.96. The molecule has 2 bridgehead atoms. The minimum atomic E-state index is -0.839. The van der Waals surface area contributed by atoms with Crippen molar-refractivity contribution in [1.29, 1.82) is 0 Å².